The molecule has 1 aromatic carbocycles. The van der Waals surface area contributed by atoms with E-state index in [0.29, 0.717) is 0 Å². The van der Waals surface area contributed by atoms with E-state index < -0.39 is 5.54 Å². The minimum Gasteiger partial charge on any atom is -0.368 e. The van der Waals surface area contributed by atoms with Crippen molar-refractivity contribution in [3.63, 3.8) is 0 Å². The number of nitrogens with one attached hydrogen (secondary N) is 1. The maximum atomic E-state index is 8.93. The van der Waals surface area contributed by atoms with Crippen LogP contribution in [0.4, 0.5) is 5.69 Å². The number of benzene rings is 1. The summed E-state index contributed by atoms with van der Waals surface area (Å²) in [4.78, 5) is 0. The van der Waals surface area contributed by atoms with Gasteiger partial charge in [0.05, 0.1) is 6.07 Å². The van der Waals surface area contributed by atoms with Crippen LogP contribution in [0.5, 0.6) is 0 Å². The van der Waals surface area contributed by atoms with Crippen molar-refractivity contribution in [3.8, 4) is 6.07 Å². The number of nitrogens with zero attached hydrogens (tertiary/aromatic N) is 1. The van der Waals surface area contributed by atoms with Crippen LogP contribution in [-0.2, 0) is 5.41 Å². The van der Waals surface area contributed by atoms with E-state index in [-0.39, 0.29) is 5.41 Å². The molecule has 0 saturated carbocycles. The zero-order valence-corrected chi connectivity index (χ0v) is 10.8. The number of hydrogen-bond donors (Lipinski definition) is 1. The molecule has 1 rings (SSSR count). The Labute approximate surface area is 98.3 Å². The van der Waals surface area contributed by atoms with Gasteiger partial charge in [-0.05, 0) is 37.0 Å². The summed E-state index contributed by atoms with van der Waals surface area (Å²) in [5, 5.41) is 12.1. The molecule has 2 heteroatoms. The summed E-state index contributed by atoms with van der Waals surface area (Å²) in [5.74, 6) is 0. The molecule has 86 valence electrons. The second-order valence-corrected chi connectivity index (χ2v) is 5.69. The predicted octanol–water partition coefficient (Wildman–Crippen LogP) is 3.70. The molecule has 0 saturated heterocycles. The predicted molar refractivity (Wildman–Crippen MR) is 68.5 cm³/mol. The lowest BCUT2D eigenvalue weighted by Gasteiger charge is -2.22. The molecular formula is C14H20N2. The molecule has 1 N–H and O–H groups in total. The minimum absolute atomic E-state index is 0.170. The second-order valence-electron chi connectivity index (χ2n) is 5.69. The van der Waals surface area contributed by atoms with Gasteiger partial charge in [0, 0.05) is 5.69 Å². The molecule has 0 bridgehead atoms. The fourth-order valence-corrected chi connectivity index (χ4v) is 1.44. The van der Waals surface area contributed by atoms with E-state index in [1.54, 1.807) is 0 Å². The van der Waals surface area contributed by atoms with E-state index >= 15 is 0 Å². The fourth-order valence-electron chi connectivity index (χ4n) is 1.44. The van der Waals surface area contributed by atoms with E-state index in [0.717, 1.165) is 5.69 Å². The zero-order chi connectivity index (χ0) is 12.4. The van der Waals surface area contributed by atoms with Crippen molar-refractivity contribution >= 4 is 5.69 Å². The summed E-state index contributed by atoms with van der Waals surface area (Å²) in [6, 6.07) is 10.5. The molecule has 0 radical (unpaired) electrons. The average molecular weight is 216 g/mol. The van der Waals surface area contributed by atoms with Gasteiger partial charge in [0.1, 0.15) is 5.54 Å². The lowest BCUT2D eigenvalue weighted by molar-refractivity contribution is 0.590. The molecular weight excluding hydrogens is 196 g/mol. The third kappa shape index (κ3) is 3.27. The van der Waals surface area contributed by atoms with Gasteiger partial charge in [0.15, 0.2) is 0 Å². The van der Waals surface area contributed by atoms with E-state index in [4.69, 9.17) is 5.26 Å². The van der Waals surface area contributed by atoms with E-state index in [1.165, 1.54) is 5.56 Å². The van der Waals surface area contributed by atoms with Gasteiger partial charge in [-0.3, -0.25) is 0 Å². The highest BCUT2D eigenvalue weighted by atomic mass is 15.0. The molecule has 0 aliphatic carbocycles. The molecule has 0 atom stereocenters. The Balaban J connectivity index is 2.85. The minimum atomic E-state index is -0.525. The number of hydrogen-bond acceptors (Lipinski definition) is 2. The highest BCUT2D eigenvalue weighted by Gasteiger charge is 2.17. The number of anilines is 1. The molecule has 2 nitrogen and oxygen atoms in total. The van der Waals surface area contributed by atoms with Crippen LogP contribution in [0.3, 0.4) is 0 Å². The van der Waals surface area contributed by atoms with Crippen molar-refractivity contribution in [1.29, 1.82) is 5.26 Å². The van der Waals surface area contributed by atoms with E-state index in [1.807, 2.05) is 26.0 Å². The molecule has 0 heterocycles. The van der Waals surface area contributed by atoms with E-state index in [2.05, 4.69) is 44.3 Å². The highest BCUT2D eigenvalue weighted by molar-refractivity contribution is 5.49. The lowest BCUT2D eigenvalue weighted by atomic mass is 9.87. The smallest absolute Gasteiger partial charge is 0.119 e. The first-order chi connectivity index (χ1) is 7.24. The monoisotopic (exact) mass is 216 g/mol. The Hall–Kier alpha value is -1.49. The molecule has 0 fully saturated rings. The van der Waals surface area contributed by atoms with Crippen LogP contribution >= 0.6 is 0 Å². The topological polar surface area (TPSA) is 35.8 Å². The van der Waals surface area contributed by atoms with Crippen molar-refractivity contribution in [3.05, 3.63) is 29.8 Å². The zero-order valence-electron chi connectivity index (χ0n) is 10.8. The van der Waals surface area contributed by atoms with Crippen molar-refractivity contribution in [1.82, 2.24) is 0 Å². The van der Waals surface area contributed by atoms with Gasteiger partial charge >= 0.3 is 0 Å². The third-order valence-corrected chi connectivity index (χ3v) is 2.49. The quantitative estimate of drug-likeness (QED) is 0.818. The normalized spacial score (nSPS) is 12.0. The molecule has 0 amide bonds. The van der Waals surface area contributed by atoms with Crippen molar-refractivity contribution < 1.29 is 0 Å². The van der Waals surface area contributed by atoms with Crippen LogP contribution in [0.25, 0.3) is 0 Å². The second kappa shape index (κ2) is 4.17. The Morgan fingerprint density at radius 1 is 1.00 bits per heavy atom. The SMILES string of the molecule is CC(C)(C#N)Nc1ccc(C(C)(C)C)cc1. The van der Waals surface area contributed by atoms with Gasteiger partial charge in [-0.1, -0.05) is 32.9 Å². The molecule has 0 aliphatic rings. The maximum absolute atomic E-state index is 8.93. The Kier molecular flexibility index (Phi) is 3.28. The van der Waals surface area contributed by atoms with Gasteiger partial charge in [0.25, 0.3) is 0 Å². The Bertz CT molecular complexity index is 388. The maximum Gasteiger partial charge on any atom is 0.119 e. The fraction of sp³-hybridized carbons (Fsp3) is 0.500. The van der Waals surface area contributed by atoms with Gasteiger partial charge in [-0.15, -0.1) is 0 Å². The summed E-state index contributed by atoms with van der Waals surface area (Å²) in [6.07, 6.45) is 0. The highest BCUT2D eigenvalue weighted by Crippen LogP contribution is 2.24. The van der Waals surface area contributed by atoms with Crippen molar-refractivity contribution in [2.75, 3.05) is 5.32 Å². The number of nitriles is 1. The first kappa shape index (κ1) is 12.6. The summed E-state index contributed by atoms with van der Waals surface area (Å²) < 4.78 is 0. The molecule has 0 unspecified atom stereocenters. The van der Waals surface area contributed by atoms with Gasteiger partial charge < -0.3 is 5.32 Å². The van der Waals surface area contributed by atoms with Crippen molar-refractivity contribution in [2.24, 2.45) is 0 Å². The standard InChI is InChI=1S/C14H20N2/c1-13(2,3)11-6-8-12(9-7-11)16-14(4,5)10-15/h6-9,16H,1-5H3. The summed E-state index contributed by atoms with van der Waals surface area (Å²) in [5.41, 5.74) is 1.93. The first-order valence-electron chi connectivity index (χ1n) is 5.54. The first-order valence-corrected chi connectivity index (χ1v) is 5.54. The molecule has 0 aromatic heterocycles. The molecule has 0 spiro atoms. The Morgan fingerprint density at radius 3 is 1.88 bits per heavy atom. The van der Waals surface area contributed by atoms with Gasteiger partial charge in [-0.2, -0.15) is 5.26 Å². The van der Waals surface area contributed by atoms with Crippen LogP contribution in [-0.4, -0.2) is 5.54 Å². The molecule has 1 aromatic rings. The van der Waals surface area contributed by atoms with Crippen LogP contribution in [0, 0.1) is 11.3 Å². The largest absolute Gasteiger partial charge is 0.368 e. The van der Waals surface area contributed by atoms with Crippen LogP contribution in [0.1, 0.15) is 40.2 Å². The average Bonchev–Trinajstić information content (AvgIpc) is 2.16. The summed E-state index contributed by atoms with van der Waals surface area (Å²) in [7, 11) is 0. The van der Waals surface area contributed by atoms with Gasteiger partial charge in [0.2, 0.25) is 0 Å². The van der Waals surface area contributed by atoms with E-state index in [9.17, 15) is 0 Å². The summed E-state index contributed by atoms with van der Waals surface area (Å²) in [6.45, 7) is 10.3. The lowest BCUT2D eigenvalue weighted by Crippen LogP contribution is -2.28. The van der Waals surface area contributed by atoms with Crippen LogP contribution in [0.15, 0.2) is 24.3 Å². The third-order valence-electron chi connectivity index (χ3n) is 2.49. The van der Waals surface area contributed by atoms with Gasteiger partial charge in [-0.25, -0.2) is 0 Å². The van der Waals surface area contributed by atoms with Crippen molar-refractivity contribution in [2.45, 2.75) is 45.6 Å². The summed E-state index contributed by atoms with van der Waals surface area (Å²) >= 11 is 0. The van der Waals surface area contributed by atoms with Crippen LogP contribution < -0.4 is 5.32 Å². The number of rotatable bonds is 2. The van der Waals surface area contributed by atoms with Crippen LogP contribution in [0.2, 0.25) is 0 Å². The molecule has 0 aliphatic heterocycles. The Morgan fingerprint density at radius 2 is 1.50 bits per heavy atom. The molecule has 16 heavy (non-hydrogen) atoms.